The van der Waals surface area contributed by atoms with Gasteiger partial charge in [0.25, 0.3) is 0 Å². The van der Waals surface area contributed by atoms with E-state index in [1.807, 2.05) is 31.6 Å². The highest BCUT2D eigenvalue weighted by atomic mass is 15.3. The number of nitrogens with zero attached hydrogens (tertiary/aromatic N) is 4. The van der Waals surface area contributed by atoms with Crippen molar-refractivity contribution in [1.82, 2.24) is 14.8 Å². The number of nitrogen functional groups attached to an aromatic ring is 1. The van der Waals surface area contributed by atoms with E-state index in [2.05, 4.69) is 15.4 Å². The molecule has 6 heteroatoms. The van der Waals surface area contributed by atoms with Crippen molar-refractivity contribution in [3.05, 3.63) is 34.8 Å². The topological polar surface area (TPSA) is 92.5 Å². The SMILES string of the molecule is Cc1nn(C)c(C)c1CNc1ccc(N)c(C#N)n1. The third-order valence-electron chi connectivity index (χ3n) is 3.14. The van der Waals surface area contributed by atoms with Gasteiger partial charge in [-0.15, -0.1) is 0 Å². The van der Waals surface area contributed by atoms with Crippen LogP contribution in [-0.4, -0.2) is 14.8 Å². The van der Waals surface area contributed by atoms with Crippen LogP contribution in [0.5, 0.6) is 0 Å². The fourth-order valence-corrected chi connectivity index (χ4v) is 1.91. The molecule has 98 valence electrons. The molecule has 0 aliphatic heterocycles. The summed E-state index contributed by atoms with van der Waals surface area (Å²) in [4.78, 5) is 4.15. The van der Waals surface area contributed by atoms with Crippen LogP contribution < -0.4 is 11.1 Å². The summed E-state index contributed by atoms with van der Waals surface area (Å²) in [7, 11) is 1.92. The highest BCUT2D eigenvalue weighted by Gasteiger charge is 2.09. The molecule has 2 rings (SSSR count). The van der Waals surface area contributed by atoms with Crippen LogP contribution in [0.4, 0.5) is 11.5 Å². The Morgan fingerprint density at radius 2 is 2.16 bits per heavy atom. The van der Waals surface area contributed by atoms with Crippen molar-refractivity contribution >= 4 is 11.5 Å². The summed E-state index contributed by atoms with van der Waals surface area (Å²) in [6.07, 6.45) is 0. The van der Waals surface area contributed by atoms with E-state index < -0.39 is 0 Å². The van der Waals surface area contributed by atoms with E-state index in [1.165, 1.54) is 0 Å². The van der Waals surface area contributed by atoms with E-state index in [4.69, 9.17) is 11.0 Å². The average Bonchev–Trinajstić information content (AvgIpc) is 2.63. The van der Waals surface area contributed by atoms with E-state index in [9.17, 15) is 0 Å². The number of rotatable bonds is 3. The van der Waals surface area contributed by atoms with Gasteiger partial charge in [0.1, 0.15) is 11.9 Å². The Bertz CT molecular complexity index is 650. The summed E-state index contributed by atoms with van der Waals surface area (Å²) in [5.41, 5.74) is 9.50. The molecule has 0 saturated heterocycles. The van der Waals surface area contributed by atoms with Gasteiger partial charge in [0.2, 0.25) is 0 Å². The van der Waals surface area contributed by atoms with Gasteiger partial charge >= 0.3 is 0 Å². The molecule has 0 fully saturated rings. The van der Waals surface area contributed by atoms with Gasteiger partial charge in [-0.1, -0.05) is 0 Å². The van der Waals surface area contributed by atoms with Crippen molar-refractivity contribution < 1.29 is 0 Å². The maximum absolute atomic E-state index is 8.89. The predicted molar refractivity (Wildman–Crippen MR) is 73.4 cm³/mol. The number of nitriles is 1. The third-order valence-corrected chi connectivity index (χ3v) is 3.14. The first-order chi connectivity index (χ1) is 9.02. The number of nitrogens with two attached hydrogens (primary N) is 1. The van der Waals surface area contributed by atoms with E-state index in [0.717, 1.165) is 17.0 Å². The molecule has 2 heterocycles. The minimum absolute atomic E-state index is 0.240. The number of anilines is 2. The number of pyridine rings is 1. The Morgan fingerprint density at radius 3 is 2.74 bits per heavy atom. The van der Waals surface area contributed by atoms with Crippen molar-refractivity contribution in [1.29, 1.82) is 5.26 Å². The van der Waals surface area contributed by atoms with Crippen molar-refractivity contribution in [3.63, 3.8) is 0 Å². The van der Waals surface area contributed by atoms with Gasteiger partial charge in [0.15, 0.2) is 5.69 Å². The van der Waals surface area contributed by atoms with Crippen molar-refractivity contribution in [2.24, 2.45) is 7.05 Å². The average molecular weight is 256 g/mol. The third kappa shape index (κ3) is 2.50. The molecule has 0 spiro atoms. The lowest BCUT2D eigenvalue weighted by atomic mass is 10.2. The molecule has 3 N–H and O–H groups in total. The molecule has 6 nitrogen and oxygen atoms in total. The van der Waals surface area contributed by atoms with Gasteiger partial charge in [-0.05, 0) is 26.0 Å². The second-order valence-electron chi connectivity index (χ2n) is 4.37. The van der Waals surface area contributed by atoms with Crippen molar-refractivity contribution in [2.45, 2.75) is 20.4 Å². The van der Waals surface area contributed by atoms with Crippen LogP contribution in [0.2, 0.25) is 0 Å². The lowest BCUT2D eigenvalue weighted by Crippen LogP contribution is -2.05. The van der Waals surface area contributed by atoms with Gasteiger partial charge in [-0.3, -0.25) is 4.68 Å². The summed E-state index contributed by atoms with van der Waals surface area (Å²) >= 11 is 0. The van der Waals surface area contributed by atoms with Crippen molar-refractivity contribution in [2.75, 3.05) is 11.1 Å². The number of nitrogens with one attached hydrogen (secondary N) is 1. The van der Waals surface area contributed by atoms with Crippen LogP contribution >= 0.6 is 0 Å². The van der Waals surface area contributed by atoms with Crippen LogP contribution in [-0.2, 0) is 13.6 Å². The summed E-state index contributed by atoms with van der Waals surface area (Å²) < 4.78 is 1.85. The van der Waals surface area contributed by atoms with Crippen LogP contribution in [0.15, 0.2) is 12.1 Å². The molecular weight excluding hydrogens is 240 g/mol. The van der Waals surface area contributed by atoms with Gasteiger partial charge in [0.05, 0.1) is 11.4 Å². The first-order valence-electron chi connectivity index (χ1n) is 5.92. The van der Waals surface area contributed by atoms with Gasteiger partial charge < -0.3 is 11.1 Å². The highest BCUT2D eigenvalue weighted by Crippen LogP contribution is 2.16. The molecule has 0 aliphatic carbocycles. The summed E-state index contributed by atoms with van der Waals surface area (Å²) in [5.74, 6) is 0.633. The summed E-state index contributed by atoms with van der Waals surface area (Å²) in [6.45, 7) is 4.61. The molecule has 0 saturated carbocycles. The predicted octanol–water partition coefficient (Wildman–Crippen LogP) is 1.50. The molecule has 19 heavy (non-hydrogen) atoms. The normalized spacial score (nSPS) is 10.2. The molecule has 0 atom stereocenters. The monoisotopic (exact) mass is 256 g/mol. The lowest BCUT2D eigenvalue weighted by Gasteiger charge is -2.07. The van der Waals surface area contributed by atoms with E-state index in [-0.39, 0.29) is 5.69 Å². The molecule has 0 aliphatic rings. The van der Waals surface area contributed by atoms with Crippen LogP contribution in [0, 0.1) is 25.2 Å². The van der Waals surface area contributed by atoms with Crippen LogP contribution in [0.25, 0.3) is 0 Å². The largest absolute Gasteiger partial charge is 0.396 e. The second kappa shape index (κ2) is 4.98. The maximum atomic E-state index is 8.89. The Hall–Kier alpha value is -2.55. The van der Waals surface area contributed by atoms with Gasteiger partial charge in [-0.2, -0.15) is 10.4 Å². The Morgan fingerprint density at radius 1 is 1.42 bits per heavy atom. The summed E-state index contributed by atoms with van der Waals surface area (Å²) in [6, 6.07) is 5.41. The van der Waals surface area contributed by atoms with E-state index in [0.29, 0.717) is 18.1 Å². The fourth-order valence-electron chi connectivity index (χ4n) is 1.91. The van der Waals surface area contributed by atoms with E-state index in [1.54, 1.807) is 12.1 Å². The Kier molecular flexibility index (Phi) is 3.38. The Balaban J connectivity index is 2.17. The molecule has 0 radical (unpaired) electrons. The lowest BCUT2D eigenvalue weighted by molar-refractivity contribution is 0.730. The minimum atomic E-state index is 0.240. The molecule has 0 unspecified atom stereocenters. The Labute approximate surface area is 111 Å². The van der Waals surface area contributed by atoms with Gasteiger partial charge in [-0.25, -0.2) is 4.98 Å². The van der Waals surface area contributed by atoms with Gasteiger partial charge in [0, 0.05) is 24.8 Å². The highest BCUT2D eigenvalue weighted by molar-refractivity contribution is 5.54. The van der Waals surface area contributed by atoms with Crippen LogP contribution in [0.1, 0.15) is 22.6 Å². The molecule has 2 aromatic rings. The zero-order valence-corrected chi connectivity index (χ0v) is 11.2. The molecular formula is C13H16N6. The number of aromatic nitrogens is 3. The van der Waals surface area contributed by atoms with Crippen molar-refractivity contribution in [3.8, 4) is 6.07 Å². The number of aryl methyl sites for hydroxylation is 2. The first kappa shape index (κ1) is 12.9. The standard InChI is InChI=1S/C13H16N6/c1-8-10(9(2)19(3)18-8)7-16-13-5-4-11(15)12(6-14)17-13/h4-5H,7,15H2,1-3H3,(H,16,17). The maximum Gasteiger partial charge on any atom is 0.165 e. The molecule has 0 bridgehead atoms. The zero-order chi connectivity index (χ0) is 14.0. The molecule has 0 amide bonds. The minimum Gasteiger partial charge on any atom is -0.396 e. The number of hydrogen-bond acceptors (Lipinski definition) is 5. The second-order valence-corrected chi connectivity index (χ2v) is 4.37. The smallest absolute Gasteiger partial charge is 0.165 e. The van der Waals surface area contributed by atoms with E-state index >= 15 is 0 Å². The zero-order valence-electron chi connectivity index (χ0n) is 11.2. The molecule has 0 aromatic carbocycles. The summed E-state index contributed by atoms with van der Waals surface area (Å²) in [5, 5.41) is 16.4. The quantitative estimate of drug-likeness (QED) is 0.868. The first-order valence-corrected chi connectivity index (χ1v) is 5.92. The fraction of sp³-hybridized carbons (Fsp3) is 0.308. The number of hydrogen-bond donors (Lipinski definition) is 2. The van der Waals surface area contributed by atoms with Crippen LogP contribution in [0.3, 0.4) is 0 Å². The molecule has 2 aromatic heterocycles.